The zero-order valence-corrected chi connectivity index (χ0v) is 18.1. The molecule has 0 bridgehead atoms. The van der Waals surface area contributed by atoms with E-state index in [1.807, 2.05) is 43.5 Å². The molecule has 0 atom stereocenters. The van der Waals surface area contributed by atoms with Gasteiger partial charge < -0.3 is 10.2 Å². The summed E-state index contributed by atoms with van der Waals surface area (Å²) in [5, 5.41) is 2.82. The molecule has 156 valence electrons. The number of anilines is 2. The molecule has 0 saturated carbocycles. The van der Waals surface area contributed by atoms with Gasteiger partial charge in [0.25, 0.3) is 5.91 Å². The Balaban J connectivity index is 1.73. The summed E-state index contributed by atoms with van der Waals surface area (Å²) >= 11 is 0. The van der Waals surface area contributed by atoms with Crippen LogP contribution in [0.2, 0.25) is 0 Å². The molecule has 1 fully saturated rings. The molecule has 2 heterocycles. The van der Waals surface area contributed by atoms with E-state index in [1.165, 1.54) is 0 Å². The van der Waals surface area contributed by atoms with Crippen LogP contribution in [0.4, 0.5) is 11.4 Å². The number of piperidine rings is 1. The second-order valence-electron chi connectivity index (χ2n) is 7.62. The number of hydrogen-bond acceptors (Lipinski definition) is 4. The van der Waals surface area contributed by atoms with E-state index < -0.39 is 10.0 Å². The Morgan fingerprint density at radius 1 is 1.10 bits per heavy atom. The molecule has 0 aliphatic carbocycles. The summed E-state index contributed by atoms with van der Waals surface area (Å²) in [5.74, 6) is -0.210. The number of nitrogens with one attached hydrogen (secondary N) is 1. The number of pyridine rings is 1. The molecule has 1 aromatic heterocycles. The lowest BCUT2D eigenvalue weighted by molar-refractivity contribution is -0.684. The number of carbonyl (C=O) groups is 1. The van der Waals surface area contributed by atoms with Gasteiger partial charge in [0.1, 0.15) is 0 Å². The van der Waals surface area contributed by atoms with Crippen molar-refractivity contribution in [1.82, 2.24) is 4.31 Å². The van der Waals surface area contributed by atoms with E-state index in [0.717, 1.165) is 24.9 Å². The first-order chi connectivity index (χ1) is 13.8. The zero-order valence-electron chi connectivity index (χ0n) is 17.3. The van der Waals surface area contributed by atoms with Crippen molar-refractivity contribution >= 4 is 27.3 Å². The lowest BCUT2D eigenvalue weighted by atomic mass is 10.2. The van der Waals surface area contributed by atoms with Gasteiger partial charge >= 0.3 is 0 Å². The maximum atomic E-state index is 13.0. The Bertz CT molecular complexity index is 966. The second-order valence-corrected chi connectivity index (χ2v) is 9.52. The van der Waals surface area contributed by atoms with Gasteiger partial charge in [-0.15, -0.1) is 0 Å². The molecule has 3 rings (SSSR count). The fraction of sp³-hybridized carbons (Fsp3) is 0.429. The Morgan fingerprint density at radius 3 is 2.38 bits per heavy atom. The number of nitrogens with zero attached hydrogens (tertiary/aromatic N) is 3. The molecule has 8 heteroatoms. The number of aromatic nitrogens is 1. The fourth-order valence-electron chi connectivity index (χ4n) is 3.42. The van der Waals surface area contributed by atoms with E-state index in [9.17, 15) is 13.2 Å². The molecule has 1 aromatic carbocycles. The van der Waals surface area contributed by atoms with E-state index in [2.05, 4.69) is 5.32 Å². The van der Waals surface area contributed by atoms with Gasteiger partial charge in [-0.25, -0.2) is 8.42 Å². The predicted octanol–water partition coefficient (Wildman–Crippen LogP) is 2.16. The van der Waals surface area contributed by atoms with Crippen molar-refractivity contribution in [3.63, 3.8) is 0 Å². The molecule has 29 heavy (non-hydrogen) atoms. The Morgan fingerprint density at radius 2 is 1.76 bits per heavy atom. The fourth-order valence-corrected chi connectivity index (χ4v) is 5.19. The largest absolute Gasteiger partial charge is 0.377 e. The van der Waals surface area contributed by atoms with Crippen molar-refractivity contribution in [2.75, 3.05) is 37.4 Å². The van der Waals surface area contributed by atoms with Gasteiger partial charge in [-0.05, 0) is 37.5 Å². The molecule has 1 aliphatic rings. The summed E-state index contributed by atoms with van der Waals surface area (Å²) < 4.78 is 29.4. The third-order valence-electron chi connectivity index (χ3n) is 5.12. The van der Waals surface area contributed by atoms with Crippen molar-refractivity contribution in [3.8, 4) is 0 Å². The number of hydrogen-bond donors (Lipinski definition) is 1. The normalized spacial score (nSPS) is 15.1. The molecule has 1 saturated heterocycles. The van der Waals surface area contributed by atoms with Gasteiger partial charge in [-0.2, -0.15) is 8.87 Å². The molecule has 0 unspecified atom stereocenters. The minimum absolute atomic E-state index is 0.149. The zero-order chi connectivity index (χ0) is 21.0. The Kier molecular flexibility index (Phi) is 6.54. The van der Waals surface area contributed by atoms with Crippen LogP contribution in [0.25, 0.3) is 0 Å². The summed E-state index contributed by atoms with van der Waals surface area (Å²) in [7, 11) is 0.365. The molecule has 2 aromatic rings. The number of carbonyl (C=O) groups excluding carboxylic acids is 1. The monoisotopic (exact) mass is 417 g/mol. The van der Waals surface area contributed by atoms with Crippen molar-refractivity contribution < 1.29 is 17.8 Å². The number of amides is 1. The first-order valence-electron chi connectivity index (χ1n) is 9.84. The highest BCUT2D eigenvalue weighted by atomic mass is 32.2. The number of rotatable bonds is 6. The molecule has 0 spiro atoms. The lowest BCUT2D eigenvalue weighted by Gasteiger charge is -2.26. The van der Waals surface area contributed by atoms with Crippen molar-refractivity contribution in [2.24, 2.45) is 0 Å². The van der Waals surface area contributed by atoms with Gasteiger partial charge in [-0.1, -0.05) is 12.5 Å². The standard InChI is InChI=1S/C21H28N4O3S/c1-17-7-8-18(15-20(17)29(27,28)25-11-5-4-6-12-25)22-21(26)16-24-13-9-19(10-14-24)23(2)3/h7-10,13-15H,4-6,11-12,16H2,1-3H3/p+1. The molecule has 1 aliphatic heterocycles. The second kappa shape index (κ2) is 8.92. The highest BCUT2D eigenvalue weighted by Crippen LogP contribution is 2.26. The number of aryl methyl sites for hydroxylation is 1. The summed E-state index contributed by atoms with van der Waals surface area (Å²) in [6.07, 6.45) is 6.53. The lowest BCUT2D eigenvalue weighted by Crippen LogP contribution is -2.39. The van der Waals surface area contributed by atoms with Gasteiger partial charge in [-0.3, -0.25) is 4.79 Å². The van der Waals surface area contributed by atoms with E-state index >= 15 is 0 Å². The topological polar surface area (TPSA) is 73.6 Å². The highest BCUT2D eigenvalue weighted by molar-refractivity contribution is 7.89. The SMILES string of the molecule is Cc1ccc(NC(=O)C[n+]2ccc(N(C)C)cc2)cc1S(=O)(=O)N1CCCCC1. The van der Waals surface area contributed by atoms with Gasteiger partial charge in [0, 0.05) is 50.7 Å². The third kappa shape index (κ3) is 5.13. The third-order valence-corrected chi connectivity index (χ3v) is 7.16. The number of sulfonamides is 1. The van der Waals surface area contributed by atoms with Gasteiger partial charge in [0.05, 0.1) is 4.90 Å². The molecular weight excluding hydrogens is 388 g/mol. The maximum absolute atomic E-state index is 13.0. The van der Waals surface area contributed by atoms with Crippen molar-refractivity contribution in [1.29, 1.82) is 0 Å². The number of benzene rings is 1. The average Bonchev–Trinajstić information content (AvgIpc) is 2.70. The van der Waals surface area contributed by atoms with E-state index in [0.29, 0.717) is 24.3 Å². The van der Waals surface area contributed by atoms with E-state index in [-0.39, 0.29) is 17.3 Å². The minimum Gasteiger partial charge on any atom is -0.377 e. The van der Waals surface area contributed by atoms with Crippen LogP contribution in [0.3, 0.4) is 0 Å². The molecular formula is C21H29N4O3S+. The van der Waals surface area contributed by atoms with E-state index in [1.54, 1.807) is 34.0 Å². The van der Waals surface area contributed by atoms with Crippen molar-refractivity contribution in [2.45, 2.75) is 37.6 Å². The molecule has 1 amide bonds. The van der Waals surface area contributed by atoms with Crippen LogP contribution < -0.4 is 14.8 Å². The van der Waals surface area contributed by atoms with Crippen LogP contribution in [0.1, 0.15) is 24.8 Å². The summed E-state index contributed by atoms with van der Waals surface area (Å²) in [5.41, 5.74) is 2.22. The Labute approximate surface area is 173 Å². The molecule has 1 N–H and O–H groups in total. The minimum atomic E-state index is -3.55. The highest BCUT2D eigenvalue weighted by Gasteiger charge is 2.27. The van der Waals surface area contributed by atoms with E-state index in [4.69, 9.17) is 0 Å². The summed E-state index contributed by atoms with van der Waals surface area (Å²) in [4.78, 5) is 14.7. The average molecular weight is 418 g/mol. The first-order valence-corrected chi connectivity index (χ1v) is 11.3. The van der Waals surface area contributed by atoms with Crippen LogP contribution in [-0.4, -0.2) is 45.8 Å². The quantitative estimate of drug-likeness (QED) is 0.731. The van der Waals surface area contributed by atoms with Crippen LogP contribution in [0, 0.1) is 6.92 Å². The van der Waals surface area contributed by atoms with Gasteiger partial charge in [0.15, 0.2) is 12.4 Å². The van der Waals surface area contributed by atoms with Crippen LogP contribution in [0.5, 0.6) is 0 Å². The summed E-state index contributed by atoms with van der Waals surface area (Å²) in [6.45, 7) is 3.04. The van der Waals surface area contributed by atoms with Crippen molar-refractivity contribution in [3.05, 3.63) is 48.3 Å². The maximum Gasteiger partial charge on any atom is 0.290 e. The summed E-state index contributed by atoms with van der Waals surface area (Å²) in [6, 6.07) is 8.91. The Hall–Kier alpha value is -2.45. The van der Waals surface area contributed by atoms with Gasteiger partial charge in [0.2, 0.25) is 16.6 Å². The molecule has 0 radical (unpaired) electrons. The first kappa shape index (κ1) is 21.3. The van der Waals surface area contributed by atoms with Crippen LogP contribution in [-0.2, 0) is 21.4 Å². The van der Waals surface area contributed by atoms with Crippen LogP contribution >= 0.6 is 0 Å². The smallest absolute Gasteiger partial charge is 0.290 e. The molecule has 7 nitrogen and oxygen atoms in total. The van der Waals surface area contributed by atoms with Crippen LogP contribution in [0.15, 0.2) is 47.6 Å². The predicted molar refractivity (Wildman–Crippen MR) is 113 cm³/mol.